The van der Waals surface area contributed by atoms with Crippen molar-refractivity contribution in [3.63, 3.8) is 0 Å². The smallest absolute Gasteiger partial charge is 0.0561 e. The third-order valence-corrected chi connectivity index (χ3v) is 9.56. The lowest BCUT2D eigenvalue weighted by molar-refractivity contribution is 1.18. The van der Waals surface area contributed by atoms with Gasteiger partial charge in [-0.3, -0.25) is 0 Å². The topological polar surface area (TPSA) is 11.4 Å². The van der Waals surface area contributed by atoms with Gasteiger partial charge in [-0.05, 0) is 102 Å². The van der Waals surface area contributed by atoms with Crippen molar-refractivity contribution in [1.29, 1.82) is 0 Å². The maximum Gasteiger partial charge on any atom is 0.0561 e. The van der Waals surface area contributed by atoms with E-state index in [1.165, 1.54) is 32.9 Å². The molecule has 1 heterocycles. The van der Waals surface area contributed by atoms with Gasteiger partial charge in [-0.2, -0.15) is 0 Å². The summed E-state index contributed by atoms with van der Waals surface area (Å²) in [5.74, 6) is 0. The summed E-state index contributed by atoms with van der Waals surface area (Å²) < 4.78 is 2.38. The van der Waals surface area contributed by atoms with Gasteiger partial charge >= 0.3 is 0 Å². The second-order valence-corrected chi connectivity index (χ2v) is 12.7. The Morgan fingerprint density at radius 3 is 1.25 bits per heavy atom. The molecule has 242 valence electrons. The highest BCUT2D eigenvalue weighted by Crippen LogP contribution is 2.41. The number of nitrogens with zero attached hydrogens (tertiary/aromatic N) is 3. The van der Waals surface area contributed by atoms with Crippen molar-refractivity contribution in [2.45, 2.75) is 0 Å². The van der Waals surface area contributed by atoms with Crippen molar-refractivity contribution >= 4 is 55.9 Å². The Bertz CT molecular complexity index is 2540. The van der Waals surface area contributed by atoms with Gasteiger partial charge in [-0.25, -0.2) is 0 Å². The molecule has 0 unspecified atom stereocenters. The zero-order valence-electron chi connectivity index (χ0n) is 28.0. The molecule has 8 aromatic carbocycles. The molecule has 0 fully saturated rings. The number of hydrogen-bond donors (Lipinski definition) is 0. The van der Waals surface area contributed by atoms with Gasteiger partial charge < -0.3 is 14.4 Å². The Balaban J connectivity index is 1.15. The van der Waals surface area contributed by atoms with E-state index in [0.717, 1.165) is 39.8 Å². The number of benzene rings is 8. The molecular formula is C48H35N3. The average molecular weight is 654 g/mol. The summed E-state index contributed by atoms with van der Waals surface area (Å²) in [4.78, 5) is 4.66. The summed E-state index contributed by atoms with van der Waals surface area (Å²) in [6, 6.07) is 75.6. The SMILES string of the molecule is c1ccc(-c2ccc(N(c3ccccc3)c3ccc(N(c4ccccc4)c4ccc5c6ccccc6n(-c6ccccc6)c5c4)cc3)cc2)cc1. The number of rotatable bonds is 8. The minimum Gasteiger partial charge on any atom is -0.311 e. The summed E-state index contributed by atoms with van der Waals surface area (Å²) >= 11 is 0. The van der Waals surface area contributed by atoms with Crippen molar-refractivity contribution in [3.05, 3.63) is 212 Å². The zero-order chi connectivity index (χ0) is 34.0. The van der Waals surface area contributed by atoms with E-state index in [9.17, 15) is 0 Å². The number of fused-ring (bicyclic) bond motifs is 3. The fourth-order valence-electron chi connectivity index (χ4n) is 7.19. The van der Waals surface area contributed by atoms with Crippen LogP contribution in [-0.4, -0.2) is 4.57 Å². The molecule has 9 rings (SSSR count). The van der Waals surface area contributed by atoms with E-state index in [-0.39, 0.29) is 0 Å². The number of aromatic nitrogens is 1. The molecule has 9 aromatic rings. The first kappa shape index (κ1) is 30.2. The molecule has 3 nitrogen and oxygen atoms in total. The normalized spacial score (nSPS) is 11.1. The van der Waals surface area contributed by atoms with Crippen molar-refractivity contribution < 1.29 is 0 Å². The Morgan fingerprint density at radius 2 is 0.667 bits per heavy atom. The molecular weight excluding hydrogens is 619 g/mol. The molecule has 0 amide bonds. The lowest BCUT2D eigenvalue weighted by Gasteiger charge is -2.28. The molecule has 0 radical (unpaired) electrons. The summed E-state index contributed by atoms with van der Waals surface area (Å²) in [5, 5.41) is 2.48. The summed E-state index contributed by atoms with van der Waals surface area (Å²) in [5.41, 5.74) is 12.5. The first-order chi connectivity index (χ1) is 25.3. The highest BCUT2D eigenvalue weighted by molar-refractivity contribution is 6.10. The van der Waals surface area contributed by atoms with Crippen molar-refractivity contribution in [1.82, 2.24) is 4.57 Å². The van der Waals surface area contributed by atoms with Crippen LogP contribution >= 0.6 is 0 Å². The van der Waals surface area contributed by atoms with Crippen LogP contribution in [0.4, 0.5) is 34.1 Å². The molecule has 0 N–H and O–H groups in total. The van der Waals surface area contributed by atoms with Crippen LogP contribution in [0.5, 0.6) is 0 Å². The monoisotopic (exact) mass is 653 g/mol. The van der Waals surface area contributed by atoms with Gasteiger partial charge in [0.2, 0.25) is 0 Å². The van der Waals surface area contributed by atoms with Gasteiger partial charge in [0.25, 0.3) is 0 Å². The molecule has 0 aliphatic carbocycles. The van der Waals surface area contributed by atoms with Crippen LogP contribution in [0.1, 0.15) is 0 Å². The minimum atomic E-state index is 1.08. The Morgan fingerprint density at radius 1 is 0.275 bits per heavy atom. The minimum absolute atomic E-state index is 1.08. The standard InChI is InChI=1S/C48H35N3/c1-5-15-36(16-6-1)37-25-27-41(28-26-37)49(38-17-7-2-8-18-38)42-29-31-43(32-30-42)50(39-19-9-3-10-20-39)44-33-34-46-45-23-13-14-24-47(45)51(48(46)35-44)40-21-11-4-12-22-40/h1-35H. The zero-order valence-corrected chi connectivity index (χ0v) is 28.0. The van der Waals surface area contributed by atoms with Crippen LogP contribution in [0, 0.1) is 0 Å². The lowest BCUT2D eigenvalue weighted by Crippen LogP contribution is -2.12. The highest BCUT2D eigenvalue weighted by atomic mass is 15.2. The second-order valence-electron chi connectivity index (χ2n) is 12.7. The van der Waals surface area contributed by atoms with Gasteiger partial charge in [0, 0.05) is 50.6 Å². The van der Waals surface area contributed by atoms with Gasteiger partial charge in [-0.15, -0.1) is 0 Å². The third-order valence-electron chi connectivity index (χ3n) is 9.56. The largest absolute Gasteiger partial charge is 0.311 e. The number of anilines is 6. The molecule has 0 atom stereocenters. The summed E-state index contributed by atoms with van der Waals surface area (Å²) in [7, 11) is 0. The number of para-hydroxylation sites is 4. The van der Waals surface area contributed by atoms with Crippen LogP contribution in [0.3, 0.4) is 0 Å². The van der Waals surface area contributed by atoms with E-state index in [4.69, 9.17) is 0 Å². The van der Waals surface area contributed by atoms with E-state index in [1.54, 1.807) is 0 Å². The predicted octanol–water partition coefficient (Wildman–Crippen LogP) is 13.4. The van der Waals surface area contributed by atoms with Gasteiger partial charge in [0.1, 0.15) is 0 Å². The average Bonchev–Trinajstić information content (AvgIpc) is 3.54. The Hall–Kier alpha value is -6.84. The van der Waals surface area contributed by atoms with E-state index >= 15 is 0 Å². The summed E-state index contributed by atoms with van der Waals surface area (Å²) in [6.45, 7) is 0. The Labute approximate surface area is 298 Å². The Kier molecular flexibility index (Phi) is 7.84. The second kappa shape index (κ2) is 13.2. The maximum absolute atomic E-state index is 2.38. The van der Waals surface area contributed by atoms with Crippen LogP contribution < -0.4 is 9.80 Å². The van der Waals surface area contributed by atoms with Crippen LogP contribution in [0.15, 0.2) is 212 Å². The number of hydrogen-bond acceptors (Lipinski definition) is 2. The predicted molar refractivity (Wildman–Crippen MR) is 216 cm³/mol. The lowest BCUT2D eigenvalue weighted by atomic mass is 10.0. The molecule has 0 bridgehead atoms. The van der Waals surface area contributed by atoms with E-state index < -0.39 is 0 Å². The van der Waals surface area contributed by atoms with Crippen LogP contribution in [0.25, 0.3) is 38.6 Å². The maximum atomic E-state index is 2.38. The van der Waals surface area contributed by atoms with Crippen LogP contribution in [-0.2, 0) is 0 Å². The van der Waals surface area contributed by atoms with Crippen LogP contribution in [0.2, 0.25) is 0 Å². The molecule has 1 aromatic heterocycles. The van der Waals surface area contributed by atoms with Gasteiger partial charge in [0.05, 0.1) is 11.0 Å². The first-order valence-electron chi connectivity index (χ1n) is 17.4. The fourth-order valence-corrected chi connectivity index (χ4v) is 7.19. The van der Waals surface area contributed by atoms with Crippen molar-refractivity contribution in [2.75, 3.05) is 9.80 Å². The molecule has 0 saturated carbocycles. The van der Waals surface area contributed by atoms with Gasteiger partial charge in [-0.1, -0.05) is 121 Å². The van der Waals surface area contributed by atoms with E-state index in [1.807, 2.05) is 0 Å². The molecule has 0 saturated heterocycles. The molecule has 51 heavy (non-hydrogen) atoms. The fraction of sp³-hybridized carbons (Fsp3) is 0. The highest BCUT2D eigenvalue weighted by Gasteiger charge is 2.19. The van der Waals surface area contributed by atoms with E-state index in [0.29, 0.717) is 0 Å². The van der Waals surface area contributed by atoms with Crippen molar-refractivity contribution in [2.24, 2.45) is 0 Å². The summed E-state index contributed by atoms with van der Waals surface area (Å²) in [6.07, 6.45) is 0. The molecule has 0 aliphatic heterocycles. The van der Waals surface area contributed by atoms with E-state index in [2.05, 4.69) is 227 Å². The quantitative estimate of drug-likeness (QED) is 0.162. The first-order valence-corrected chi connectivity index (χ1v) is 17.4. The van der Waals surface area contributed by atoms with Gasteiger partial charge in [0.15, 0.2) is 0 Å². The molecule has 0 aliphatic rings. The van der Waals surface area contributed by atoms with Crippen molar-refractivity contribution in [3.8, 4) is 16.8 Å². The third kappa shape index (κ3) is 5.71. The molecule has 3 heteroatoms. The molecule has 0 spiro atoms.